The summed E-state index contributed by atoms with van der Waals surface area (Å²) in [6.45, 7) is 0. The van der Waals surface area contributed by atoms with Crippen LogP contribution in [0.5, 0.6) is 0 Å². The van der Waals surface area contributed by atoms with E-state index in [0.29, 0.717) is 5.69 Å². The molecule has 88 valence electrons. The van der Waals surface area contributed by atoms with Crippen LogP contribution in [0.2, 0.25) is 0 Å². The first-order valence-corrected chi connectivity index (χ1v) is 4.17. The maximum atomic E-state index is 10.9. The topological polar surface area (TPSA) is 148 Å². The molecule has 15 heavy (non-hydrogen) atoms. The third-order valence-electron chi connectivity index (χ3n) is 2.30. The molecule has 1 atom stereocenters. The molecule has 0 saturated heterocycles. The standard InChI is InChI=1S/C9H11NO2.3H2O/c11-7-3-1-2-6-4-5-8(12)10-9(6)7;;;/h4-5,7,11H,1-3H2,(H,10,12);3*1H2. The van der Waals surface area contributed by atoms with Crippen LogP contribution in [0.15, 0.2) is 16.9 Å². The number of aliphatic hydroxyl groups excluding tert-OH is 1. The predicted molar refractivity (Wildman–Crippen MR) is 55.8 cm³/mol. The van der Waals surface area contributed by atoms with Crippen LogP contribution >= 0.6 is 0 Å². The Morgan fingerprint density at radius 3 is 2.60 bits per heavy atom. The third-order valence-corrected chi connectivity index (χ3v) is 2.30. The van der Waals surface area contributed by atoms with Gasteiger partial charge < -0.3 is 26.5 Å². The van der Waals surface area contributed by atoms with Gasteiger partial charge in [0.1, 0.15) is 0 Å². The molecular formula is C9H17NO5. The molecule has 0 aromatic carbocycles. The predicted octanol–water partition coefficient (Wildman–Crippen LogP) is -1.73. The van der Waals surface area contributed by atoms with Crippen molar-refractivity contribution in [1.82, 2.24) is 4.98 Å². The van der Waals surface area contributed by atoms with Crippen molar-refractivity contribution in [1.29, 1.82) is 0 Å². The average Bonchev–Trinajstić information content (AvgIpc) is 2.07. The van der Waals surface area contributed by atoms with Crippen LogP contribution in [0.3, 0.4) is 0 Å². The third kappa shape index (κ3) is 3.14. The summed E-state index contributed by atoms with van der Waals surface area (Å²) < 4.78 is 0. The summed E-state index contributed by atoms with van der Waals surface area (Å²) in [4.78, 5) is 13.6. The van der Waals surface area contributed by atoms with E-state index in [4.69, 9.17) is 0 Å². The van der Waals surface area contributed by atoms with E-state index in [1.807, 2.05) is 0 Å². The van der Waals surface area contributed by atoms with Gasteiger partial charge in [-0.25, -0.2) is 0 Å². The lowest BCUT2D eigenvalue weighted by Crippen LogP contribution is -2.17. The molecule has 0 bridgehead atoms. The fraction of sp³-hybridized carbons (Fsp3) is 0.444. The number of hydrogen-bond donors (Lipinski definition) is 2. The van der Waals surface area contributed by atoms with Crippen molar-refractivity contribution in [2.75, 3.05) is 0 Å². The van der Waals surface area contributed by atoms with Gasteiger partial charge in [-0.1, -0.05) is 6.07 Å². The average molecular weight is 219 g/mol. The molecule has 1 aromatic heterocycles. The van der Waals surface area contributed by atoms with Crippen molar-refractivity contribution < 1.29 is 21.5 Å². The Morgan fingerprint density at radius 2 is 1.93 bits per heavy atom. The minimum atomic E-state index is -0.470. The Hall–Kier alpha value is -1.21. The lowest BCUT2D eigenvalue weighted by Gasteiger charge is -2.19. The molecule has 0 spiro atoms. The second-order valence-electron chi connectivity index (χ2n) is 3.17. The van der Waals surface area contributed by atoms with Gasteiger partial charge in [0.25, 0.3) is 0 Å². The van der Waals surface area contributed by atoms with Crippen molar-refractivity contribution in [3.05, 3.63) is 33.7 Å². The number of rotatable bonds is 0. The van der Waals surface area contributed by atoms with E-state index in [1.165, 1.54) is 6.07 Å². The van der Waals surface area contributed by atoms with E-state index < -0.39 is 6.10 Å². The minimum absolute atomic E-state index is 0. The Balaban J connectivity index is 0. The number of hydrogen-bond acceptors (Lipinski definition) is 2. The zero-order chi connectivity index (χ0) is 8.55. The highest BCUT2D eigenvalue weighted by molar-refractivity contribution is 5.23. The zero-order valence-electron chi connectivity index (χ0n) is 8.21. The molecule has 1 aromatic rings. The van der Waals surface area contributed by atoms with Crippen LogP contribution in [0.4, 0.5) is 0 Å². The highest BCUT2D eigenvalue weighted by Crippen LogP contribution is 2.26. The quantitative estimate of drug-likeness (QED) is 0.533. The highest BCUT2D eigenvalue weighted by Gasteiger charge is 2.17. The summed E-state index contributed by atoms with van der Waals surface area (Å²) in [6.07, 6.45) is 2.25. The van der Waals surface area contributed by atoms with Crippen molar-refractivity contribution in [2.45, 2.75) is 25.4 Å². The molecule has 0 aliphatic heterocycles. The largest absolute Gasteiger partial charge is 0.412 e. The van der Waals surface area contributed by atoms with Gasteiger partial charge >= 0.3 is 0 Å². The molecule has 2 rings (SSSR count). The van der Waals surface area contributed by atoms with Gasteiger partial charge in [0, 0.05) is 11.8 Å². The van der Waals surface area contributed by atoms with Crippen LogP contribution in [0.1, 0.15) is 30.2 Å². The van der Waals surface area contributed by atoms with E-state index in [9.17, 15) is 9.90 Å². The maximum absolute atomic E-state index is 10.9. The van der Waals surface area contributed by atoms with E-state index in [0.717, 1.165) is 24.8 Å². The Kier molecular flexibility index (Phi) is 6.82. The molecule has 1 aliphatic rings. The van der Waals surface area contributed by atoms with E-state index in [-0.39, 0.29) is 22.0 Å². The minimum Gasteiger partial charge on any atom is -0.412 e. The number of nitrogens with one attached hydrogen (secondary N) is 1. The van der Waals surface area contributed by atoms with E-state index in [2.05, 4.69) is 4.98 Å². The van der Waals surface area contributed by atoms with Crippen LogP contribution < -0.4 is 5.56 Å². The zero-order valence-corrected chi connectivity index (χ0v) is 8.21. The van der Waals surface area contributed by atoms with Crippen molar-refractivity contribution in [3.63, 3.8) is 0 Å². The van der Waals surface area contributed by atoms with Crippen LogP contribution in [0.25, 0.3) is 0 Å². The van der Waals surface area contributed by atoms with Gasteiger partial charge in [0.2, 0.25) is 5.56 Å². The number of aromatic amines is 1. The molecule has 6 heteroatoms. The fourth-order valence-corrected chi connectivity index (χ4v) is 1.67. The molecule has 0 amide bonds. The van der Waals surface area contributed by atoms with Gasteiger partial charge in [-0.2, -0.15) is 0 Å². The smallest absolute Gasteiger partial charge is 0.248 e. The summed E-state index contributed by atoms with van der Waals surface area (Å²) in [5.41, 5.74) is 1.66. The number of aliphatic hydroxyl groups is 1. The van der Waals surface area contributed by atoms with E-state index >= 15 is 0 Å². The van der Waals surface area contributed by atoms with Crippen LogP contribution in [-0.4, -0.2) is 26.5 Å². The number of H-pyrrole nitrogens is 1. The maximum Gasteiger partial charge on any atom is 0.248 e. The monoisotopic (exact) mass is 219 g/mol. The van der Waals surface area contributed by atoms with Gasteiger partial charge in [0.05, 0.1) is 6.10 Å². The Labute approximate surface area is 86.5 Å². The van der Waals surface area contributed by atoms with Crippen molar-refractivity contribution in [2.24, 2.45) is 0 Å². The Bertz CT molecular complexity index is 349. The molecule has 0 saturated carbocycles. The Morgan fingerprint density at radius 1 is 1.27 bits per heavy atom. The van der Waals surface area contributed by atoms with Gasteiger partial charge in [-0.15, -0.1) is 0 Å². The summed E-state index contributed by atoms with van der Waals surface area (Å²) in [6, 6.07) is 3.31. The second kappa shape index (κ2) is 6.31. The lowest BCUT2D eigenvalue weighted by molar-refractivity contribution is 0.151. The van der Waals surface area contributed by atoms with Gasteiger partial charge in [0.15, 0.2) is 0 Å². The lowest BCUT2D eigenvalue weighted by atomic mass is 9.94. The summed E-state index contributed by atoms with van der Waals surface area (Å²) in [7, 11) is 0. The highest BCUT2D eigenvalue weighted by atomic mass is 16.3. The molecule has 8 N–H and O–H groups in total. The molecule has 6 nitrogen and oxygen atoms in total. The number of aryl methyl sites for hydroxylation is 1. The van der Waals surface area contributed by atoms with Crippen LogP contribution in [0, 0.1) is 0 Å². The number of pyridine rings is 1. The summed E-state index contributed by atoms with van der Waals surface area (Å²) in [5, 5.41) is 9.52. The number of fused-ring (bicyclic) bond motifs is 1. The molecule has 1 unspecified atom stereocenters. The van der Waals surface area contributed by atoms with Crippen molar-refractivity contribution in [3.8, 4) is 0 Å². The SMILES string of the molecule is O.O.O.O=c1ccc2c([nH]1)C(O)CCC2. The second-order valence-corrected chi connectivity index (χ2v) is 3.17. The molecule has 1 heterocycles. The first kappa shape index (κ1) is 16.2. The normalized spacial score (nSPS) is 17.5. The molecule has 0 fully saturated rings. The molecule has 0 radical (unpaired) electrons. The van der Waals surface area contributed by atoms with Crippen LogP contribution in [-0.2, 0) is 6.42 Å². The summed E-state index contributed by atoms with van der Waals surface area (Å²) >= 11 is 0. The van der Waals surface area contributed by atoms with Gasteiger partial charge in [-0.05, 0) is 24.8 Å². The number of aromatic nitrogens is 1. The van der Waals surface area contributed by atoms with E-state index in [1.54, 1.807) is 6.07 Å². The molecular weight excluding hydrogens is 202 g/mol. The van der Waals surface area contributed by atoms with Crippen molar-refractivity contribution >= 4 is 0 Å². The van der Waals surface area contributed by atoms with Gasteiger partial charge in [-0.3, -0.25) is 4.79 Å². The fourth-order valence-electron chi connectivity index (χ4n) is 1.67. The first-order chi connectivity index (χ1) is 5.77. The summed E-state index contributed by atoms with van der Waals surface area (Å²) in [5.74, 6) is 0. The first-order valence-electron chi connectivity index (χ1n) is 4.17. The molecule has 1 aliphatic carbocycles.